The Kier molecular flexibility index (Phi) is 4.98. The number of carbonyl (C=O) groups excluding carboxylic acids is 1. The molecule has 1 atom stereocenters. The lowest BCUT2D eigenvalue weighted by Gasteiger charge is -2.32. The summed E-state index contributed by atoms with van der Waals surface area (Å²) in [5.41, 5.74) is 1.33. The van der Waals surface area contributed by atoms with Gasteiger partial charge in [-0.2, -0.15) is 5.10 Å². The molecule has 6 heteroatoms. The van der Waals surface area contributed by atoms with Gasteiger partial charge in [0.15, 0.2) is 0 Å². The number of ether oxygens (including phenoxy) is 1. The van der Waals surface area contributed by atoms with Gasteiger partial charge in [-0.15, -0.1) is 0 Å². The summed E-state index contributed by atoms with van der Waals surface area (Å²) in [6.07, 6.45) is 5.44. The van der Waals surface area contributed by atoms with E-state index in [2.05, 4.69) is 5.10 Å². The number of piperidine rings is 1. The van der Waals surface area contributed by atoms with Crippen LogP contribution in [0.25, 0.3) is 5.69 Å². The summed E-state index contributed by atoms with van der Waals surface area (Å²) >= 11 is 6.18. The molecule has 0 N–H and O–H groups in total. The quantitative estimate of drug-likeness (QED) is 0.863. The van der Waals surface area contributed by atoms with Gasteiger partial charge in [-0.1, -0.05) is 23.7 Å². The highest BCUT2D eigenvalue weighted by Crippen LogP contribution is 2.20. The zero-order valence-electron chi connectivity index (χ0n) is 13.1. The number of hydrogen-bond acceptors (Lipinski definition) is 3. The highest BCUT2D eigenvalue weighted by atomic mass is 35.5. The van der Waals surface area contributed by atoms with Crippen molar-refractivity contribution in [1.29, 1.82) is 0 Å². The average molecular weight is 334 g/mol. The van der Waals surface area contributed by atoms with Crippen LogP contribution in [0.1, 0.15) is 30.1 Å². The van der Waals surface area contributed by atoms with Crippen molar-refractivity contribution < 1.29 is 9.53 Å². The Morgan fingerprint density at radius 1 is 1.43 bits per heavy atom. The van der Waals surface area contributed by atoms with Crippen LogP contribution >= 0.6 is 11.6 Å². The molecular formula is C17H20ClN3O2. The molecule has 1 aromatic carbocycles. The van der Waals surface area contributed by atoms with Crippen LogP contribution in [-0.4, -0.2) is 46.4 Å². The predicted molar refractivity (Wildman–Crippen MR) is 89.1 cm³/mol. The summed E-state index contributed by atoms with van der Waals surface area (Å²) in [6.45, 7) is 4.06. The van der Waals surface area contributed by atoms with E-state index < -0.39 is 0 Å². The van der Waals surface area contributed by atoms with Gasteiger partial charge in [0.25, 0.3) is 5.91 Å². The molecule has 0 unspecified atom stereocenters. The maximum atomic E-state index is 12.7. The van der Waals surface area contributed by atoms with Crippen LogP contribution in [0.3, 0.4) is 0 Å². The molecule has 122 valence electrons. The molecule has 1 aromatic heterocycles. The minimum absolute atomic E-state index is 0.00675. The molecule has 0 aliphatic carbocycles. The zero-order chi connectivity index (χ0) is 16.2. The number of amides is 1. The lowest BCUT2D eigenvalue weighted by atomic mass is 10.1. The second kappa shape index (κ2) is 7.15. The minimum Gasteiger partial charge on any atom is -0.377 e. The molecule has 0 spiro atoms. The Morgan fingerprint density at radius 3 is 3.04 bits per heavy atom. The zero-order valence-corrected chi connectivity index (χ0v) is 13.9. The number of likely N-dealkylation sites (tertiary alicyclic amines) is 1. The number of para-hydroxylation sites is 1. The van der Waals surface area contributed by atoms with E-state index in [-0.39, 0.29) is 12.0 Å². The molecule has 5 nitrogen and oxygen atoms in total. The molecular weight excluding hydrogens is 314 g/mol. The monoisotopic (exact) mass is 333 g/mol. The van der Waals surface area contributed by atoms with Crippen molar-refractivity contribution in [2.45, 2.75) is 25.9 Å². The molecule has 0 radical (unpaired) electrons. The van der Waals surface area contributed by atoms with E-state index in [4.69, 9.17) is 16.3 Å². The molecule has 3 rings (SSSR count). The van der Waals surface area contributed by atoms with Crippen molar-refractivity contribution in [3.05, 3.63) is 47.2 Å². The van der Waals surface area contributed by atoms with Crippen LogP contribution in [-0.2, 0) is 4.74 Å². The fourth-order valence-corrected chi connectivity index (χ4v) is 3.10. The molecule has 1 saturated heterocycles. The van der Waals surface area contributed by atoms with E-state index >= 15 is 0 Å². The number of aromatic nitrogens is 2. The van der Waals surface area contributed by atoms with Gasteiger partial charge in [0.2, 0.25) is 0 Å². The third-order valence-corrected chi connectivity index (χ3v) is 4.32. The lowest BCUT2D eigenvalue weighted by Crippen LogP contribution is -2.43. The van der Waals surface area contributed by atoms with Gasteiger partial charge in [-0.25, -0.2) is 4.68 Å². The van der Waals surface area contributed by atoms with E-state index in [1.54, 1.807) is 23.1 Å². The van der Waals surface area contributed by atoms with Crippen LogP contribution in [0.2, 0.25) is 5.02 Å². The number of rotatable bonds is 4. The molecule has 0 saturated carbocycles. The summed E-state index contributed by atoms with van der Waals surface area (Å²) in [7, 11) is 0. The van der Waals surface area contributed by atoms with E-state index in [1.165, 1.54) is 0 Å². The van der Waals surface area contributed by atoms with Gasteiger partial charge >= 0.3 is 0 Å². The molecule has 1 aliphatic rings. The first-order valence-electron chi connectivity index (χ1n) is 7.89. The molecule has 23 heavy (non-hydrogen) atoms. The third-order valence-electron chi connectivity index (χ3n) is 4.00. The van der Waals surface area contributed by atoms with Gasteiger partial charge in [-0.3, -0.25) is 4.79 Å². The Hall–Kier alpha value is -1.85. The largest absolute Gasteiger partial charge is 0.377 e. The molecule has 1 aliphatic heterocycles. The standard InChI is InChI=1S/C17H20ClN3O2/c1-2-23-14-6-5-9-20(12-14)17(22)13-10-19-21(11-13)16-8-4-3-7-15(16)18/h3-4,7-8,10-11,14H,2,5-6,9,12H2,1H3/t14-/m1/s1. The van der Waals surface area contributed by atoms with E-state index in [1.807, 2.05) is 30.0 Å². The highest BCUT2D eigenvalue weighted by molar-refractivity contribution is 6.32. The Bertz CT molecular complexity index is 684. The van der Waals surface area contributed by atoms with Gasteiger partial charge in [0, 0.05) is 25.9 Å². The van der Waals surface area contributed by atoms with Crippen molar-refractivity contribution >= 4 is 17.5 Å². The molecule has 0 bridgehead atoms. The second-order valence-corrected chi connectivity index (χ2v) is 6.00. The van der Waals surface area contributed by atoms with Crippen molar-refractivity contribution in [2.75, 3.05) is 19.7 Å². The van der Waals surface area contributed by atoms with Gasteiger partial charge in [0.1, 0.15) is 0 Å². The van der Waals surface area contributed by atoms with Crippen LogP contribution < -0.4 is 0 Å². The molecule has 1 amide bonds. The number of carbonyl (C=O) groups is 1. The first kappa shape index (κ1) is 16.0. The van der Waals surface area contributed by atoms with E-state index in [0.29, 0.717) is 23.7 Å². The fraction of sp³-hybridized carbons (Fsp3) is 0.412. The van der Waals surface area contributed by atoms with Gasteiger partial charge < -0.3 is 9.64 Å². The van der Waals surface area contributed by atoms with Crippen molar-refractivity contribution in [3.8, 4) is 5.69 Å². The van der Waals surface area contributed by atoms with Crippen LogP contribution in [0.4, 0.5) is 0 Å². The van der Waals surface area contributed by atoms with Crippen molar-refractivity contribution in [2.24, 2.45) is 0 Å². The summed E-state index contributed by atoms with van der Waals surface area (Å²) in [6, 6.07) is 7.43. The Balaban J connectivity index is 1.75. The van der Waals surface area contributed by atoms with Gasteiger partial charge in [0.05, 0.1) is 28.6 Å². The summed E-state index contributed by atoms with van der Waals surface area (Å²) in [5.74, 6) is -0.00675. The normalized spacial score (nSPS) is 18.2. The summed E-state index contributed by atoms with van der Waals surface area (Å²) in [4.78, 5) is 14.5. The number of nitrogens with zero attached hydrogens (tertiary/aromatic N) is 3. The van der Waals surface area contributed by atoms with Gasteiger partial charge in [-0.05, 0) is 31.9 Å². The molecule has 1 fully saturated rings. The average Bonchev–Trinajstić information content (AvgIpc) is 3.05. The highest BCUT2D eigenvalue weighted by Gasteiger charge is 2.25. The Labute approximate surface area is 140 Å². The molecule has 2 heterocycles. The van der Waals surface area contributed by atoms with Crippen LogP contribution in [0, 0.1) is 0 Å². The van der Waals surface area contributed by atoms with E-state index in [0.717, 1.165) is 25.1 Å². The number of halogens is 1. The first-order chi connectivity index (χ1) is 11.2. The second-order valence-electron chi connectivity index (χ2n) is 5.60. The number of hydrogen-bond donors (Lipinski definition) is 0. The summed E-state index contributed by atoms with van der Waals surface area (Å²) in [5, 5.41) is 4.87. The SMILES string of the molecule is CCO[C@@H]1CCCN(C(=O)c2cnn(-c3ccccc3Cl)c2)C1. The maximum absolute atomic E-state index is 12.7. The smallest absolute Gasteiger partial charge is 0.257 e. The van der Waals surface area contributed by atoms with E-state index in [9.17, 15) is 4.79 Å². The molecule has 2 aromatic rings. The topological polar surface area (TPSA) is 47.4 Å². The lowest BCUT2D eigenvalue weighted by molar-refractivity contribution is 0.00724. The Morgan fingerprint density at radius 2 is 2.26 bits per heavy atom. The minimum atomic E-state index is -0.00675. The van der Waals surface area contributed by atoms with Crippen molar-refractivity contribution in [1.82, 2.24) is 14.7 Å². The maximum Gasteiger partial charge on any atom is 0.257 e. The fourth-order valence-electron chi connectivity index (χ4n) is 2.88. The first-order valence-corrected chi connectivity index (χ1v) is 8.27. The van der Waals surface area contributed by atoms with Crippen molar-refractivity contribution in [3.63, 3.8) is 0 Å². The summed E-state index contributed by atoms with van der Waals surface area (Å²) < 4.78 is 7.30. The predicted octanol–water partition coefficient (Wildman–Crippen LogP) is 3.17. The third kappa shape index (κ3) is 3.57. The van der Waals surface area contributed by atoms with Crippen LogP contribution in [0.15, 0.2) is 36.7 Å². The number of benzene rings is 1. The van der Waals surface area contributed by atoms with Crippen LogP contribution in [0.5, 0.6) is 0 Å².